The molecule has 2 unspecified atom stereocenters. The van der Waals surface area contributed by atoms with Crippen molar-refractivity contribution in [3.63, 3.8) is 0 Å². The number of carbonyl (C=O) groups is 1. The van der Waals surface area contributed by atoms with Gasteiger partial charge in [0.2, 0.25) is 0 Å². The summed E-state index contributed by atoms with van der Waals surface area (Å²) in [5, 5.41) is 12.1. The normalized spacial score (nSPS) is 21.1. The van der Waals surface area contributed by atoms with E-state index in [2.05, 4.69) is 5.32 Å². The van der Waals surface area contributed by atoms with Crippen molar-refractivity contribution in [3.05, 3.63) is 0 Å². The van der Waals surface area contributed by atoms with E-state index in [4.69, 9.17) is 5.11 Å². The molecule has 0 radical (unpaired) electrons. The molecule has 1 aliphatic carbocycles. The smallest absolute Gasteiger partial charge is 0.320 e. The number of hydrogen-bond acceptors (Lipinski definition) is 3. The zero-order chi connectivity index (χ0) is 9.84. The van der Waals surface area contributed by atoms with Crippen molar-refractivity contribution in [2.75, 3.05) is 12.0 Å². The molecule has 1 fully saturated rings. The topological polar surface area (TPSA) is 49.3 Å². The molecular weight excluding hydrogens is 186 g/mol. The Balaban J connectivity index is 2.33. The first kappa shape index (κ1) is 10.9. The summed E-state index contributed by atoms with van der Waals surface area (Å²) in [6.07, 6.45) is 4.16. The van der Waals surface area contributed by atoms with Crippen LogP contribution in [0.4, 0.5) is 0 Å². The predicted octanol–water partition coefficient (Wildman–Crippen LogP) is 1.19. The highest BCUT2D eigenvalue weighted by molar-refractivity contribution is 7.98. The van der Waals surface area contributed by atoms with Crippen LogP contribution in [0.2, 0.25) is 0 Å². The van der Waals surface area contributed by atoms with Crippen molar-refractivity contribution in [1.29, 1.82) is 0 Å². The molecule has 2 atom stereocenters. The molecular formula is C9H17NO2S. The van der Waals surface area contributed by atoms with E-state index in [9.17, 15) is 4.79 Å². The monoisotopic (exact) mass is 203 g/mol. The maximum absolute atomic E-state index is 10.9. The number of hydrogen-bond donors (Lipinski definition) is 2. The summed E-state index contributed by atoms with van der Waals surface area (Å²) >= 11 is 1.74. The van der Waals surface area contributed by atoms with Gasteiger partial charge >= 0.3 is 5.97 Å². The van der Waals surface area contributed by atoms with Gasteiger partial charge in [-0.2, -0.15) is 11.8 Å². The van der Waals surface area contributed by atoms with Crippen LogP contribution in [0.1, 0.15) is 19.8 Å². The second-order valence-electron chi connectivity index (χ2n) is 3.68. The first-order valence-electron chi connectivity index (χ1n) is 4.63. The van der Waals surface area contributed by atoms with Crippen molar-refractivity contribution in [1.82, 2.24) is 5.32 Å². The van der Waals surface area contributed by atoms with Crippen molar-refractivity contribution >= 4 is 17.7 Å². The van der Waals surface area contributed by atoms with E-state index in [0.717, 1.165) is 18.6 Å². The lowest BCUT2D eigenvalue weighted by Crippen LogP contribution is -2.44. The summed E-state index contributed by atoms with van der Waals surface area (Å²) in [7, 11) is 0. The Kier molecular flexibility index (Phi) is 4.06. The van der Waals surface area contributed by atoms with Gasteiger partial charge in [-0.05, 0) is 31.9 Å². The van der Waals surface area contributed by atoms with E-state index in [-0.39, 0.29) is 12.1 Å². The molecule has 0 bridgehead atoms. The molecule has 0 amide bonds. The third kappa shape index (κ3) is 3.56. The molecule has 0 spiro atoms. The van der Waals surface area contributed by atoms with Crippen LogP contribution in [0.5, 0.6) is 0 Å². The van der Waals surface area contributed by atoms with Crippen molar-refractivity contribution in [2.45, 2.75) is 31.8 Å². The Labute approximate surface area is 83.3 Å². The summed E-state index contributed by atoms with van der Waals surface area (Å²) in [6, 6.07) is -0.0288. The molecule has 0 aliphatic heterocycles. The van der Waals surface area contributed by atoms with E-state index >= 15 is 0 Å². The molecule has 0 saturated heterocycles. The first-order chi connectivity index (χ1) is 6.15. The van der Waals surface area contributed by atoms with E-state index in [1.165, 1.54) is 0 Å². The summed E-state index contributed by atoms with van der Waals surface area (Å²) in [5.74, 6) is 0.647. The van der Waals surface area contributed by atoms with Gasteiger partial charge in [-0.3, -0.25) is 4.79 Å². The number of carboxylic acid groups (broad SMARTS) is 1. The predicted molar refractivity (Wildman–Crippen MR) is 55.1 cm³/mol. The minimum Gasteiger partial charge on any atom is -0.480 e. The van der Waals surface area contributed by atoms with Crippen LogP contribution in [0.25, 0.3) is 0 Å². The van der Waals surface area contributed by atoms with Gasteiger partial charge in [0.25, 0.3) is 0 Å². The van der Waals surface area contributed by atoms with Gasteiger partial charge in [0.15, 0.2) is 0 Å². The second-order valence-corrected chi connectivity index (χ2v) is 4.59. The maximum atomic E-state index is 10.9. The van der Waals surface area contributed by atoms with Crippen LogP contribution in [-0.2, 0) is 4.79 Å². The Morgan fingerprint density at radius 2 is 2.31 bits per heavy atom. The molecule has 0 aromatic heterocycles. The number of nitrogens with one attached hydrogen (secondary N) is 1. The van der Waals surface area contributed by atoms with Gasteiger partial charge in [-0.15, -0.1) is 0 Å². The maximum Gasteiger partial charge on any atom is 0.320 e. The van der Waals surface area contributed by atoms with Gasteiger partial charge < -0.3 is 10.4 Å². The minimum absolute atomic E-state index is 0.289. The minimum atomic E-state index is -0.699. The molecule has 1 rings (SSSR count). The van der Waals surface area contributed by atoms with Crippen LogP contribution in [0.3, 0.4) is 0 Å². The average Bonchev–Trinajstić information content (AvgIpc) is 2.82. The van der Waals surface area contributed by atoms with Gasteiger partial charge in [0, 0.05) is 11.8 Å². The van der Waals surface area contributed by atoms with Gasteiger partial charge in [-0.25, -0.2) is 0 Å². The van der Waals surface area contributed by atoms with Crippen LogP contribution in [-0.4, -0.2) is 35.2 Å². The number of rotatable bonds is 6. The van der Waals surface area contributed by atoms with Crippen LogP contribution in [0.15, 0.2) is 0 Å². The third-order valence-corrected chi connectivity index (χ3v) is 3.07. The SMILES string of the molecule is CSCC(C)NC(C(=O)O)C1CC1. The lowest BCUT2D eigenvalue weighted by Gasteiger charge is -2.18. The molecule has 2 N–H and O–H groups in total. The zero-order valence-corrected chi connectivity index (χ0v) is 8.93. The summed E-state index contributed by atoms with van der Waals surface area (Å²) in [5.41, 5.74) is 0. The Bertz CT molecular complexity index is 182. The van der Waals surface area contributed by atoms with Gasteiger partial charge in [0.05, 0.1) is 0 Å². The van der Waals surface area contributed by atoms with Crippen molar-refractivity contribution in [3.8, 4) is 0 Å². The number of aliphatic carboxylic acids is 1. The van der Waals surface area contributed by atoms with Gasteiger partial charge in [-0.1, -0.05) is 0 Å². The van der Waals surface area contributed by atoms with Crippen LogP contribution >= 0.6 is 11.8 Å². The average molecular weight is 203 g/mol. The lowest BCUT2D eigenvalue weighted by atomic mass is 10.1. The largest absolute Gasteiger partial charge is 0.480 e. The summed E-state index contributed by atoms with van der Waals surface area (Å²) in [4.78, 5) is 10.9. The van der Waals surface area contributed by atoms with Crippen LogP contribution in [0, 0.1) is 5.92 Å². The van der Waals surface area contributed by atoms with Gasteiger partial charge in [0.1, 0.15) is 6.04 Å². The lowest BCUT2D eigenvalue weighted by molar-refractivity contribution is -0.140. The Morgan fingerprint density at radius 3 is 2.69 bits per heavy atom. The zero-order valence-electron chi connectivity index (χ0n) is 8.12. The van der Waals surface area contributed by atoms with Crippen molar-refractivity contribution < 1.29 is 9.90 Å². The van der Waals surface area contributed by atoms with Crippen molar-refractivity contribution in [2.24, 2.45) is 5.92 Å². The molecule has 4 heteroatoms. The molecule has 0 heterocycles. The van der Waals surface area contributed by atoms with E-state index in [1.807, 2.05) is 13.2 Å². The summed E-state index contributed by atoms with van der Waals surface area (Å²) in [6.45, 7) is 2.04. The standard InChI is InChI=1S/C9H17NO2S/c1-6(5-13-2)10-8(9(11)12)7-3-4-7/h6-8,10H,3-5H2,1-2H3,(H,11,12). The molecule has 1 aliphatic rings. The summed E-state index contributed by atoms with van der Waals surface area (Å²) < 4.78 is 0. The highest BCUT2D eigenvalue weighted by atomic mass is 32.2. The first-order valence-corrected chi connectivity index (χ1v) is 6.02. The molecule has 0 aromatic rings. The highest BCUT2D eigenvalue weighted by Crippen LogP contribution is 2.32. The Morgan fingerprint density at radius 1 is 1.69 bits per heavy atom. The highest BCUT2D eigenvalue weighted by Gasteiger charge is 2.36. The molecule has 13 heavy (non-hydrogen) atoms. The second kappa shape index (κ2) is 4.86. The quantitative estimate of drug-likeness (QED) is 0.681. The number of thioether (sulfide) groups is 1. The molecule has 1 saturated carbocycles. The number of carboxylic acids is 1. The Hall–Kier alpha value is -0.220. The van der Waals surface area contributed by atoms with E-state index in [1.54, 1.807) is 11.8 Å². The van der Waals surface area contributed by atoms with E-state index in [0.29, 0.717) is 5.92 Å². The van der Waals surface area contributed by atoms with Crippen LogP contribution < -0.4 is 5.32 Å². The molecule has 3 nitrogen and oxygen atoms in total. The molecule has 76 valence electrons. The third-order valence-electron chi connectivity index (χ3n) is 2.24. The van der Waals surface area contributed by atoms with E-state index < -0.39 is 5.97 Å². The fourth-order valence-electron chi connectivity index (χ4n) is 1.44. The fourth-order valence-corrected chi connectivity index (χ4v) is 2.04. The fraction of sp³-hybridized carbons (Fsp3) is 0.889. The molecule has 0 aromatic carbocycles.